The molecule has 0 atom stereocenters. The lowest BCUT2D eigenvalue weighted by atomic mass is 10.4. The second-order valence-electron chi connectivity index (χ2n) is 2.41. The molecule has 0 aromatic rings. The number of hydrogen-bond acceptors (Lipinski definition) is 2. The van der Waals surface area contributed by atoms with E-state index in [4.69, 9.17) is 10.1 Å². The van der Waals surface area contributed by atoms with Crippen molar-refractivity contribution < 1.29 is 4.74 Å². The first-order chi connectivity index (χ1) is 4.77. The van der Waals surface area contributed by atoms with Crippen LogP contribution in [0.5, 0.6) is 0 Å². The Morgan fingerprint density at radius 1 is 1.30 bits per heavy atom. The smallest absolute Gasteiger partial charge is 0.0812 e. The second kappa shape index (κ2) is 6.55. The highest BCUT2D eigenvalue weighted by molar-refractivity contribution is 5.49. The van der Waals surface area contributed by atoms with Crippen LogP contribution in [0.25, 0.3) is 0 Å². The monoisotopic (exact) mass is 144 g/mol. The summed E-state index contributed by atoms with van der Waals surface area (Å²) in [5.74, 6) is 0. The van der Waals surface area contributed by atoms with Gasteiger partial charge in [0.1, 0.15) is 0 Å². The summed E-state index contributed by atoms with van der Waals surface area (Å²) in [4.78, 5) is 1.67. The molecule has 0 spiro atoms. The van der Waals surface area contributed by atoms with Gasteiger partial charge in [0.2, 0.25) is 0 Å². The van der Waals surface area contributed by atoms with Crippen LogP contribution in [0.1, 0.15) is 12.8 Å². The van der Waals surface area contributed by atoms with Gasteiger partial charge in [-0.25, -0.2) is 0 Å². The fraction of sp³-hybridized carbons (Fsp3) is 0.857. The summed E-state index contributed by atoms with van der Waals surface area (Å²) < 4.78 is 4.94. The van der Waals surface area contributed by atoms with Crippen LogP contribution in [0, 0.1) is 5.41 Å². The minimum Gasteiger partial charge on any atom is -0.381 e. The van der Waals surface area contributed by atoms with Gasteiger partial charge in [-0.2, -0.15) is 0 Å². The van der Waals surface area contributed by atoms with E-state index in [0.717, 1.165) is 13.2 Å². The van der Waals surface area contributed by atoms with Gasteiger partial charge in [0.25, 0.3) is 0 Å². The molecule has 60 valence electrons. The van der Waals surface area contributed by atoms with E-state index in [1.807, 2.05) is 14.1 Å². The lowest BCUT2D eigenvalue weighted by Crippen LogP contribution is -2.05. The van der Waals surface area contributed by atoms with Crippen molar-refractivity contribution in [2.45, 2.75) is 12.8 Å². The summed E-state index contributed by atoms with van der Waals surface area (Å²) in [7, 11) is 3.62. The summed E-state index contributed by atoms with van der Waals surface area (Å²) in [6.07, 6.45) is 3.81. The molecule has 1 aliphatic heterocycles. The van der Waals surface area contributed by atoms with Gasteiger partial charge in [-0.3, -0.25) is 5.41 Å². The van der Waals surface area contributed by atoms with Gasteiger partial charge in [0, 0.05) is 27.3 Å². The predicted molar refractivity (Wildman–Crippen MR) is 42.5 cm³/mol. The Morgan fingerprint density at radius 3 is 1.80 bits per heavy atom. The highest BCUT2D eigenvalue weighted by Crippen LogP contribution is 1.98. The van der Waals surface area contributed by atoms with E-state index in [1.165, 1.54) is 19.2 Å². The molecule has 0 aromatic heterocycles. The lowest BCUT2D eigenvalue weighted by molar-refractivity contribution is 0.198. The number of rotatable bonds is 1. The zero-order valence-electron chi connectivity index (χ0n) is 6.76. The molecule has 1 heterocycles. The normalized spacial score (nSPS) is 15.4. The summed E-state index contributed by atoms with van der Waals surface area (Å²) in [5.41, 5.74) is 0. The van der Waals surface area contributed by atoms with E-state index < -0.39 is 0 Å². The number of nitrogens with one attached hydrogen (secondary N) is 1. The van der Waals surface area contributed by atoms with Crippen molar-refractivity contribution in [1.82, 2.24) is 4.90 Å². The molecule has 1 rings (SSSR count). The van der Waals surface area contributed by atoms with E-state index in [1.54, 1.807) is 4.90 Å². The molecule has 1 N–H and O–H groups in total. The third-order valence-corrected chi connectivity index (χ3v) is 1.09. The lowest BCUT2D eigenvalue weighted by Gasteiger charge is -1.96. The summed E-state index contributed by atoms with van der Waals surface area (Å²) in [6, 6.07) is 0. The first kappa shape index (κ1) is 9.43. The summed E-state index contributed by atoms with van der Waals surface area (Å²) in [6.45, 7) is 2.00. The SMILES string of the molecule is C1CCOC1.CN(C)C=N. The molecule has 1 saturated heterocycles. The molecule has 0 bridgehead atoms. The zero-order chi connectivity index (χ0) is 7.82. The standard InChI is InChI=1S/C4H8O.C3H8N2/c1-2-4-5-3-1;1-5(2)3-4/h1-4H2;3-4H,1-2H3. The average molecular weight is 144 g/mol. The summed E-state index contributed by atoms with van der Waals surface area (Å²) in [5, 5.41) is 6.46. The van der Waals surface area contributed by atoms with Crippen molar-refractivity contribution in [3.8, 4) is 0 Å². The molecular formula is C7H16N2O. The molecule has 0 aliphatic carbocycles. The Kier molecular flexibility index (Phi) is 6.18. The van der Waals surface area contributed by atoms with Crippen LogP contribution < -0.4 is 0 Å². The molecule has 1 aliphatic rings. The highest BCUT2D eigenvalue weighted by Gasteiger charge is 1.94. The maximum atomic E-state index is 6.46. The van der Waals surface area contributed by atoms with Crippen molar-refractivity contribution in [1.29, 1.82) is 5.41 Å². The van der Waals surface area contributed by atoms with Gasteiger partial charge in [-0.1, -0.05) is 0 Å². The van der Waals surface area contributed by atoms with E-state index >= 15 is 0 Å². The molecule has 3 nitrogen and oxygen atoms in total. The van der Waals surface area contributed by atoms with Crippen LogP contribution >= 0.6 is 0 Å². The fourth-order valence-corrected chi connectivity index (χ4v) is 0.510. The Balaban J connectivity index is 0.000000162. The van der Waals surface area contributed by atoms with Crippen molar-refractivity contribution in [2.24, 2.45) is 0 Å². The van der Waals surface area contributed by atoms with Crippen LogP contribution in [0.4, 0.5) is 0 Å². The maximum absolute atomic E-state index is 6.46. The predicted octanol–water partition coefficient (Wildman–Crippen LogP) is 0.952. The summed E-state index contributed by atoms with van der Waals surface area (Å²) >= 11 is 0. The first-order valence-electron chi connectivity index (χ1n) is 3.52. The van der Waals surface area contributed by atoms with Crippen LogP contribution in [0.2, 0.25) is 0 Å². The van der Waals surface area contributed by atoms with Crippen molar-refractivity contribution in [3.63, 3.8) is 0 Å². The van der Waals surface area contributed by atoms with Crippen LogP contribution in [0.3, 0.4) is 0 Å². The van der Waals surface area contributed by atoms with Gasteiger partial charge >= 0.3 is 0 Å². The van der Waals surface area contributed by atoms with E-state index in [0.29, 0.717) is 0 Å². The van der Waals surface area contributed by atoms with E-state index in [-0.39, 0.29) is 0 Å². The van der Waals surface area contributed by atoms with Crippen LogP contribution in [-0.4, -0.2) is 38.5 Å². The van der Waals surface area contributed by atoms with Crippen LogP contribution in [-0.2, 0) is 4.74 Å². The van der Waals surface area contributed by atoms with Crippen molar-refractivity contribution >= 4 is 6.34 Å². The molecule has 3 heteroatoms. The third-order valence-electron chi connectivity index (χ3n) is 1.09. The Hall–Kier alpha value is -0.570. The average Bonchev–Trinajstić information content (AvgIpc) is 2.43. The molecule has 0 radical (unpaired) electrons. The minimum absolute atomic E-state index is 1.00. The second-order valence-corrected chi connectivity index (χ2v) is 2.41. The van der Waals surface area contributed by atoms with Gasteiger partial charge in [0.15, 0.2) is 0 Å². The third kappa shape index (κ3) is 7.43. The fourth-order valence-electron chi connectivity index (χ4n) is 0.510. The molecular weight excluding hydrogens is 128 g/mol. The topological polar surface area (TPSA) is 36.3 Å². The molecule has 1 fully saturated rings. The zero-order valence-corrected chi connectivity index (χ0v) is 6.76. The molecule has 0 aromatic carbocycles. The largest absolute Gasteiger partial charge is 0.381 e. The van der Waals surface area contributed by atoms with Gasteiger partial charge in [0.05, 0.1) is 6.34 Å². The Morgan fingerprint density at radius 2 is 1.70 bits per heavy atom. The Bertz CT molecular complexity index is 72.1. The van der Waals surface area contributed by atoms with E-state index in [9.17, 15) is 0 Å². The van der Waals surface area contributed by atoms with Gasteiger partial charge in [-0.15, -0.1) is 0 Å². The molecule has 10 heavy (non-hydrogen) atoms. The van der Waals surface area contributed by atoms with Crippen molar-refractivity contribution in [2.75, 3.05) is 27.3 Å². The molecule has 0 unspecified atom stereocenters. The van der Waals surface area contributed by atoms with Gasteiger partial charge in [-0.05, 0) is 12.8 Å². The maximum Gasteiger partial charge on any atom is 0.0812 e. The Labute approximate surface area is 62.5 Å². The number of hydrogen-bond donors (Lipinski definition) is 1. The first-order valence-corrected chi connectivity index (χ1v) is 3.52. The highest BCUT2D eigenvalue weighted by atomic mass is 16.5. The quantitative estimate of drug-likeness (QED) is 0.439. The molecule has 0 amide bonds. The van der Waals surface area contributed by atoms with Crippen LogP contribution in [0.15, 0.2) is 0 Å². The van der Waals surface area contributed by atoms with Crippen molar-refractivity contribution in [3.05, 3.63) is 0 Å². The number of ether oxygens (including phenoxy) is 1. The minimum atomic E-state index is 1.00. The van der Waals surface area contributed by atoms with Gasteiger partial charge < -0.3 is 9.64 Å². The van der Waals surface area contributed by atoms with E-state index in [2.05, 4.69) is 0 Å². The number of nitrogens with zero attached hydrogens (tertiary/aromatic N) is 1. The molecule has 0 saturated carbocycles.